The molecule has 1 atom stereocenters. The number of nitrogens with zero attached hydrogens (tertiary/aromatic N) is 2. The second-order valence-corrected chi connectivity index (χ2v) is 10.1. The second kappa shape index (κ2) is 7.56. The molecule has 1 saturated carbocycles. The number of rotatable bonds is 5. The van der Waals surface area contributed by atoms with Crippen LogP contribution in [0.1, 0.15) is 18.4 Å². The first-order valence-electron chi connectivity index (χ1n) is 10.4. The van der Waals surface area contributed by atoms with Gasteiger partial charge in [0.1, 0.15) is 0 Å². The lowest BCUT2D eigenvalue weighted by molar-refractivity contribution is 0.128. The fraction of sp³-hybridized carbons (Fsp3) is 0.333. The molecule has 0 amide bonds. The third-order valence-corrected chi connectivity index (χ3v) is 8.11. The van der Waals surface area contributed by atoms with Crippen LogP contribution < -0.4 is 0 Å². The minimum Gasteiger partial charge on any atom is -0.297 e. The summed E-state index contributed by atoms with van der Waals surface area (Å²) in [5.41, 5.74) is 1.19. The van der Waals surface area contributed by atoms with Crippen molar-refractivity contribution in [3.63, 3.8) is 0 Å². The van der Waals surface area contributed by atoms with E-state index in [4.69, 9.17) is 0 Å². The van der Waals surface area contributed by atoms with Crippen molar-refractivity contribution in [1.82, 2.24) is 9.21 Å². The maximum absolute atomic E-state index is 13.6. The summed E-state index contributed by atoms with van der Waals surface area (Å²) >= 11 is 0. The number of sulfonamides is 1. The average Bonchev–Trinajstić information content (AvgIpc) is 3.59. The molecule has 0 bridgehead atoms. The summed E-state index contributed by atoms with van der Waals surface area (Å²) in [6, 6.07) is 24.3. The highest BCUT2D eigenvalue weighted by Gasteiger charge is 2.40. The van der Waals surface area contributed by atoms with Crippen molar-refractivity contribution in [3.05, 3.63) is 78.4 Å². The molecule has 4 nitrogen and oxygen atoms in total. The maximum Gasteiger partial charge on any atom is 0.243 e. The van der Waals surface area contributed by atoms with Gasteiger partial charge in [-0.05, 0) is 47.7 Å². The van der Waals surface area contributed by atoms with Crippen LogP contribution >= 0.6 is 0 Å². The lowest BCUT2D eigenvalue weighted by atomic mass is 10.0. The fourth-order valence-electron chi connectivity index (χ4n) is 4.47. The molecule has 3 aromatic carbocycles. The van der Waals surface area contributed by atoms with Crippen LogP contribution in [0, 0.1) is 0 Å². The minimum absolute atomic E-state index is 0.0387. The standard InChI is InChI=1S/C24H26N2O2S/c27-29(28,24-13-10-20-8-4-5-9-21(20)17-24)26-15-14-25(22-11-12-22)18-23(26)16-19-6-2-1-3-7-19/h1-10,13,17,22-23H,11-12,14-16,18H2. The predicted octanol–water partition coefficient (Wildman–Crippen LogP) is 3.92. The van der Waals surface area contributed by atoms with E-state index in [0.29, 0.717) is 17.5 Å². The Labute approximate surface area is 172 Å². The highest BCUT2D eigenvalue weighted by molar-refractivity contribution is 7.89. The molecule has 1 unspecified atom stereocenters. The van der Waals surface area contributed by atoms with Crippen LogP contribution in [0.2, 0.25) is 0 Å². The lowest BCUT2D eigenvalue weighted by Crippen LogP contribution is -2.56. The fourth-order valence-corrected chi connectivity index (χ4v) is 6.11. The molecule has 0 radical (unpaired) electrons. The van der Waals surface area contributed by atoms with Gasteiger partial charge in [-0.3, -0.25) is 4.90 Å². The number of hydrogen-bond acceptors (Lipinski definition) is 3. The first kappa shape index (κ1) is 18.8. The third-order valence-electron chi connectivity index (χ3n) is 6.17. The molecule has 5 heteroatoms. The van der Waals surface area contributed by atoms with E-state index < -0.39 is 10.0 Å². The van der Waals surface area contributed by atoms with Crippen LogP contribution in [0.25, 0.3) is 10.8 Å². The van der Waals surface area contributed by atoms with Crippen LogP contribution in [0.3, 0.4) is 0 Å². The zero-order chi connectivity index (χ0) is 19.8. The van der Waals surface area contributed by atoms with Crippen LogP contribution in [0.4, 0.5) is 0 Å². The molecule has 0 spiro atoms. The maximum atomic E-state index is 13.6. The molecule has 1 saturated heterocycles. The Balaban J connectivity index is 1.48. The summed E-state index contributed by atoms with van der Waals surface area (Å²) in [5.74, 6) is 0. The minimum atomic E-state index is -3.54. The Morgan fingerprint density at radius 2 is 1.55 bits per heavy atom. The Morgan fingerprint density at radius 1 is 0.828 bits per heavy atom. The van der Waals surface area contributed by atoms with Gasteiger partial charge in [-0.25, -0.2) is 8.42 Å². The van der Waals surface area contributed by atoms with E-state index in [2.05, 4.69) is 17.0 Å². The van der Waals surface area contributed by atoms with Crippen LogP contribution in [-0.2, 0) is 16.4 Å². The normalized spacial score (nSPS) is 21.4. The molecular weight excluding hydrogens is 380 g/mol. The third kappa shape index (κ3) is 3.82. The molecule has 0 aromatic heterocycles. The number of hydrogen-bond donors (Lipinski definition) is 0. The average molecular weight is 407 g/mol. The Morgan fingerprint density at radius 3 is 2.31 bits per heavy atom. The van der Waals surface area contributed by atoms with Gasteiger partial charge in [-0.2, -0.15) is 4.31 Å². The molecule has 1 heterocycles. The summed E-state index contributed by atoms with van der Waals surface area (Å²) in [6.07, 6.45) is 3.24. The molecule has 5 rings (SSSR count). The van der Waals surface area contributed by atoms with Crippen molar-refractivity contribution in [2.75, 3.05) is 19.6 Å². The highest BCUT2D eigenvalue weighted by atomic mass is 32.2. The summed E-state index contributed by atoms with van der Waals surface area (Å²) in [4.78, 5) is 2.88. The van der Waals surface area contributed by atoms with Gasteiger partial charge < -0.3 is 0 Å². The summed E-state index contributed by atoms with van der Waals surface area (Å²) in [5, 5.41) is 2.02. The zero-order valence-corrected chi connectivity index (χ0v) is 17.3. The predicted molar refractivity (Wildman–Crippen MR) is 116 cm³/mol. The molecule has 1 aliphatic heterocycles. The van der Waals surface area contributed by atoms with Gasteiger partial charge in [0.2, 0.25) is 10.0 Å². The van der Waals surface area contributed by atoms with E-state index in [0.717, 1.165) is 30.3 Å². The van der Waals surface area contributed by atoms with Crippen molar-refractivity contribution in [1.29, 1.82) is 0 Å². The quantitative estimate of drug-likeness (QED) is 0.645. The zero-order valence-electron chi connectivity index (χ0n) is 16.4. The van der Waals surface area contributed by atoms with E-state index in [1.54, 1.807) is 10.4 Å². The van der Waals surface area contributed by atoms with Gasteiger partial charge in [0.25, 0.3) is 0 Å². The molecule has 2 fully saturated rings. The van der Waals surface area contributed by atoms with E-state index >= 15 is 0 Å². The first-order chi connectivity index (χ1) is 14.1. The molecule has 1 aliphatic carbocycles. The smallest absolute Gasteiger partial charge is 0.243 e. The SMILES string of the molecule is O=S(=O)(c1ccc2ccccc2c1)N1CCN(C2CC2)CC1Cc1ccccc1. The van der Waals surface area contributed by atoms with Crippen molar-refractivity contribution < 1.29 is 8.42 Å². The van der Waals surface area contributed by atoms with Crippen LogP contribution in [0.15, 0.2) is 77.7 Å². The Kier molecular flexibility index (Phi) is 4.90. The Bertz CT molecular complexity index is 1110. The topological polar surface area (TPSA) is 40.6 Å². The van der Waals surface area contributed by atoms with Gasteiger partial charge in [-0.15, -0.1) is 0 Å². The van der Waals surface area contributed by atoms with Crippen molar-refractivity contribution in [2.45, 2.75) is 36.2 Å². The number of fused-ring (bicyclic) bond motifs is 1. The van der Waals surface area contributed by atoms with Crippen molar-refractivity contribution in [2.24, 2.45) is 0 Å². The van der Waals surface area contributed by atoms with Crippen LogP contribution in [0.5, 0.6) is 0 Å². The number of benzene rings is 3. The van der Waals surface area contributed by atoms with Crippen molar-refractivity contribution >= 4 is 20.8 Å². The van der Waals surface area contributed by atoms with Crippen LogP contribution in [-0.4, -0.2) is 49.3 Å². The molecule has 29 heavy (non-hydrogen) atoms. The first-order valence-corrected chi connectivity index (χ1v) is 11.8. The monoisotopic (exact) mass is 406 g/mol. The molecular formula is C24H26N2O2S. The molecule has 2 aliphatic rings. The Hall–Kier alpha value is -2.21. The van der Waals surface area contributed by atoms with Gasteiger partial charge in [0, 0.05) is 31.7 Å². The van der Waals surface area contributed by atoms with E-state index in [-0.39, 0.29) is 6.04 Å². The summed E-state index contributed by atoms with van der Waals surface area (Å²) in [7, 11) is -3.54. The molecule has 150 valence electrons. The van der Waals surface area contributed by atoms with Gasteiger partial charge in [0.05, 0.1) is 4.90 Å². The van der Waals surface area contributed by atoms with Gasteiger partial charge >= 0.3 is 0 Å². The van der Waals surface area contributed by atoms with E-state index in [1.807, 2.05) is 54.6 Å². The lowest BCUT2D eigenvalue weighted by Gasteiger charge is -2.41. The largest absolute Gasteiger partial charge is 0.297 e. The summed E-state index contributed by atoms with van der Waals surface area (Å²) < 4.78 is 29.0. The van der Waals surface area contributed by atoms with Gasteiger partial charge in [0.15, 0.2) is 0 Å². The van der Waals surface area contributed by atoms with Gasteiger partial charge in [-0.1, -0.05) is 60.7 Å². The second-order valence-electron chi connectivity index (χ2n) is 8.19. The summed E-state index contributed by atoms with van der Waals surface area (Å²) in [6.45, 7) is 2.19. The number of piperazine rings is 1. The molecule has 3 aromatic rings. The van der Waals surface area contributed by atoms with E-state index in [1.165, 1.54) is 18.4 Å². The molecule has 0 N–H and O–H groups in total. The highest BCUT2D eigenvalue weighted by Crippen LogP contribution is 2.32. The van der Waals surface area contributed by atoms with E-state index in [9.17, 15) is 8.42 Å². The van der Waals surface area contributed by atoms with Crippen molar-refractivity contribution in [3.8, 4) is 0 Å².